The molecule has 1 aromatic heterocycles. The third kappa shape index (κ3) is 6.18. The number of nitrogens with zero attached hydrogens (tertiary/aromatic N) is 3. The van der Waals surface area contributed by atoms with Crippen molar-refractivity contribution in [3.8, 4) is 6.01 Å². The zero-order chi connectivity index (χ0) is 14.6. The summed E-state index contributed by atoms with van der Waals surface area (Å²) in [4.78, 5) is 11.7. The third-order valence-electron chi connectivity index (χ3n) is 1.90. The van der Waals surface area contributed by atoms with Crippen molar-refractivity contribution in [3.63, 3.8) is 0 Å². The molecule has 1 aromatic rings. The number of nitrogens with one attached hydrogen (secondary N) is 1. The van der Waals surface area contributed by atoms with E-state index < -0.39 is 9.84 Å². The van der Waals surface area contributed by atoms with Crippen LogP contribution in [0.5, 0.6) is 6.01 Å². The van der Waals surface area contributed by atoms with Gasteiger partial charge >= 0.3 is 6.01 Å². The van der Waals surface area contributed by atoms with Crippen LogP contribution in [0.2, 0.25) is 0 Å². The molecule has 8 nitrogen and oxygen atoms in total. The first-order valence-corrected chi connectivity index (χ1v) is 7.84. The fraction of sp³-hybridized carbons (Fsp3) is 0.700. The molecule has 0 amide bonds. The molecule has 0 radical (unpaired) electrons. The van der Waals surface area contributed by atoms with Gasteiger partial charge in [-0.05, 0) is 20.8 Å². The van der Waals surface area contributed by atoms with Crippen molar-refractivity contribution in [2.45, 2.75) is 32.9 Å². The van der Waals surface area contributed by atoms with Crippen molar-refractivity contribution in [1.29, 1.82) is 0 Å². The maximum Gasteiger partial charge on any atom is 0.323 e. The van der Waals surface area contributed by atoms with E-state index in [0.29, 0.717) is 0 Å². The van der Waals surface area contributed by atoms with Gasteiger partial charge in [-0.3, -0.25) is 0 Å². The molecule has 0 bridgehead atoms. The van der Waals surface area contributed by atoms with Crippen molar-refractivity contribution in [2.24, 2.45) is 0 Å². The summed E-state index contributed by atoms with van der Waals surface area (Å²) in [5.41, 5.74) is 5.54. The summed E-state index contributed by atoms with van der Waals surface area (Å²) in [6, 6.07) is -0.236. The number of anilines is 2. The second kappa shape index (κ2) is 6.00. The van der Waals surface area contributed by atoms with Crippen LogP contribution in [0.25, 0.3) is 0 Å². The number of ether oxygens (including phenoxy) is 1. The van der Waals surface area contributed by atoms with Crippen LogP contribution >= 0.6 is 0 Å². The Morgan fingerprint density at radius 1 is 1.26 bits per heavy atom. The minimum Gasteiger partial charge on any atom is -0.461 e. The van der Waals surface area contributed by atoms with Crippen molar-refractivity contribution in [1.82, 2.24) is 15.0 Å². The molecule has 1 atom stereocenters. The lowest BCUT2D eigenvalue weighted by Crippen LogP contribution is -2.26. The van der Waals surface area contributed by atoms with Crippen LogP contribution in [-0.4, -0.2) is 47.5 Å². The lowest BCUT2D eigenvalue weighted by molar-refractivity contribution is 0.222. The number of nitrogens with two attached hydrogens (primary N) is 1. The van der Waals surface area contributed by atoms with Crippen molar-refractivity contribution in [2.75, 3.05) is 23.1 Å². The first kappa shape index (κ1) is 15.4. The predicted molar refractivity (Wildman–Crippen MR) is 72.8 cm³/mol. The molecule has 3 N–H and O–H groups in total. The molecule has 1 rings (SSSR count). The van der Waals surface area contributed by atoms with Crippen LogP contribution in [0.4, 0.5) is 11.9 Å². The maximum absolute atomic E-state index is 11.2. The van der Waals surface area contributed by atoms with Gasteiger partial charge in [0.15, 0.2) is 0 Å². The van der Waals surface area contributed by atoms with Gasteiger partial charge in [-0.1, -0.05) is 0 Å². The van der Waals surface area contributed by atoms with E-state index in [2.05, 4.69) is 20.3 Å². The maximum atomic E-state index is 11.2. The standard InChI is InChI=1S/C10H19N5O3S/c1-6(2)18-10-14-8(11)13-9(15-10)12-7(3)5-19(4,16)17/h6-7H,5H2,1-4H3,(H3,11,12,13,14,15). The minimum absolute atomic E-state index is 0.0136. The van der Waals surface area contributed by atoms with E-state index in [4.69, 9.17) is 10.5 Å². The molecule has 1 heterocycles. The molecule has 108 valence electrons. The number of sulfone groups is 1. The fourth-order valence-corrected chi connectivity index (χ4v) is 2.41. The molecule has 0 saturated carbocycles. The van der Waals surface area contributed by atoms with E-state index in [1.807, 2.05) is 13.8 Å². The summed E-state index contributed by atoms with van der Waals surface area (Å²) in [7, 11) is -3.08. The highest BCUT2D eigenvalue weighted by atomic mass is 32.2. The van der Waals surface area contributed by atoms with Crippen molar-refractivity contribution >= 4 is 21.7 Å². The average Bonchev–Trinajstić information content (AvgIpc) is 2.10. The van der Waals surface area contributed by atoms with E-state index in [1.165, 1.54) is 6.26 Å². The van der Waals surface area contributed by atoms with Gasteiger partial charge in [0.25, 0.3) is 0 Å². The highest BCUT2D eigenvalue weighted by Gasteiger charge is 2.13. The number of rotatable bonds is 6. The summed E-state index contributed by atoms with van der Waals surface area (Å²) in [6.07, 6.45) is 1.07. The van der Waals surface area contributed by atoms with Gasteiger partial charge in [-0.25, -0.2) is 8.42 Å². The molecule has 0 aliphatic rings. The van der Waals surface area contributed by atoms with E-state index in [1.54, 1.807) is 6.92 Å². The van der Waals surface area contributed by atoms with Gasteiger partial charge in [0, 0.05) is 12.3 Å². The topological polar surface area (TPSA) is 120 Å². The Hall–Kier alpha value is -1.64. The highest BCUT2D eigenvalue weighted by molar-refractivity contribution is 7.90. The Bertz CT molecular complexity index is 532. The summed E-state index contributed by atoms with van der Waals surface area (Å²) >= 11 is 0. The molecule has 0 spiro atoms. The van der Waals surface area contributed by atoms with Crippen LogP contribution in [0.15, 0.2) is 0 Å². The second-order valence-electron chi connectivity index (χ2n) is 4.60. The summed E-state index contributed by atoms with van der Waals surface area (Å²) in [6.45, 7) is 5.38. The zero-order valence-corrected chi connectivity index (χ0v) is 12.2. The fourth-order valence-electron chi connectivity index (χ4n) is 1.42. The van der Waals surface area contributed by atoms with E-state index in [0.717, 1.165) is 0 Å². The molecular weight excluding hydrogens is 270 g/mol. The Balaban J connectivity index is 2.80. The van der Waals surface area contributed by atoms with Crippen LogP contribution in [0, 0.1) is 0 Å². The van der Waals surface area contributed by atoms with Gasteiger partial charge in [-0.2, -0.15) is 15.0 Å². The van der Waals surface area contributed by atoms with Crippen molar-refractivity contribution < 1.29 is 13.2 Å². The second-order valence-corrected chi connectivity index (χ2v) is 6.79. The van der Waals surface area contributed by atoms with Gasteiger partial charge in [0.2, 0.25) is 11.9 Å². The predicted octanol–water partition coefficient (Wildman–Crippen LogP) is 0.0860. The highest BCUT2D eigenvalue weighted by Crippen LogP contribution is 2.11. The van der Waals surface area contributed by atoms with Crippen molar-refractivity contribution in [3.05, 3.63) is 0 Å². The van der Waals surface area contributed by atoms with Crippen LogP contribution in [0.3, 0.4) is 0 Å². The average molecular weight is 289 g/mol. The zero-order valence-electron chi connectivity index (χ0n) is 11.4. The molecule has 0 saturated heterocycles. The lowest BCUT2D eigenvalue weighted by Gasteiger charge is -2.14. The smallest absolute Gasteiger partial charge is 0.323 e. The van der Waals surface area contributed by atoms with E-state index >= 15 is 0 Å². The third-order valence-corrected chi connectivity index (χ3v) is 3.01. The number of aromatic nitrogens is 3. The lowest BCUT2D eigenvalue weighted by atomic mass is 10.4. The Morgan fingerprint density at radius 2 is 1.89 bits per heavy atom. The van der Waals surface area contributed by atoms with Gasteiger partial charge < -0.3 is 15.8 Å². The first-order valence-electron chi connectivity index (χ1n) is 5.78. The van der Waals surface area contributed by atoms with Crippen LogP contribution in [-0.2, 0) is 9.84 Å². The molecule has 0 aliphatic carbocycles. The quantitative estimate of drug-likeness (QED) is 0.755. The van der Waals surface area contributed by atoms with Gasteiger partial charge in [0.1, 0.15) is 9.84 Å². The van der Waals surface area contributed by atoms with Crippen LogP contribution < -0.4 is 15.8 Å². The Labute approximate surface area is 112 Å². The SMILES string of the molecule is CC(CS(C)(=O)=O)Nc1nc(N)nc(OC(C)C)n1. The summed E-state index contributed by atoms with van der Waals surface area (Å²) in [5, 5.41) is 2.85. The number of hydrogen-bond acceptors (Lipinski definition) is 8. The normalized spacial score (nSPS) is 13.3. The molecule has 1 unspecified atom stereocenters. The molecule has 0 fully saturated rings. The van der Waals surface area contributed by atoms with Gasteiger partial charge in [-0.15, -0.1) is 0 Å². The largest absolute Gasteiger partial charge is 0.461 e. The van der Waals surface area contributed by atoms with E-state index in [9.17, 15) is 8.42 Å². The molecule has 0 aliphatic heterocycles. The number of hydrogen-bond donors (Lipinski definition) is 2. The molecule has 19 heavy (non-hydrogen) atoms. The van der Waals surface area contributed by atoms with Gasteiger partial charge in [0.05, 0.1) is 11.9 Å². The summed E-state index contributed by atoms with van der Waals surface area (Å²) < 4.78 is 27.7. The Kier molecular flexibility index (Phi) is 4.87. The molecular formula is C10H19N5O3S. The number of nitrogen functional groups attached to an aromatic ring is 1. The Morgan fingerprint density at radius 3 is 2.42 bits per heavy atom. The van der Waals surface area contributed by atoms with Crippen LogP contribution in [0.1, 0.15) is 20.8 Å². The monoisotopic (exact) mass is 289 g/mol. The minimum atomic E-state index is -3.08. The molecule has 0 aromatic carbocycles. The summed E-state index contributed by atoms with van der Waals surface area (Å²) in [5.74, 6) is 0.179. The first-order chi connectivity index (χ1) is 8.65. The molecule has 9 heteroatoms. The van der Waals surface area contributed by atoms with E-state index in [-0.39, 0.29) is 35.8 Å².